The lowest BCUT2D eigenvalue weighted by Crippen LogP contribution is -2.35. The Bertz CT molecular complexity index is 439. The second-order valence-corrected chi connectivity index (χ2v) is 4.84. The van der Waals surface area contributed by atoms with Gasteiger partial charge < -0.3 is 14.8 Å². The smallest absolute Gasteiger partial charge is 0.164 e. The third kappa shape index (κ3) is 3.47. The number of carbonyl (C=O) groups is 1. The van der Waals surface area contributed by atoms with Crippen LogP contribution in [0.3, 0.4) is 0 Å². The summed E-state index contributed by atoms with van der Waals surface area (Å²) >= 11 is 0. The number of hydrogen-bond donors (Lipinski definition) is 1. The van der Waals surface area contributed by atoms with Crippen molar-refractivity contribution < 1.29 is 14.3 Å². The van der Waals surface area contributed by atoms with Crippen LogP contribution in [0, 0.1) is 0 Å². The van der Waals surface area contributed by atoms with E-state index in [1.165, 1.54) is 12.8 Å². The van der Waals surface area contributed by atoms with Gasteiger partial charge in [-0.05, 0) is 37.6 Å². The summed E-state index contributed by atoms with van der Waals surface area (Å²) < 4.78 is 10.4. The first-order chi connectivity index (χ1) is 9.24. The number of methoxy groups -OCH3 is 2. The van der Waals surface area contributed by atoms with Crippen LogP contribution < -0.4 is 14.8 Å². The molecule has 4 nitrogen and oxygen atoms in total. The zero-order chi connectivity index (χ0) is 13.7. The summed E-state index contributed by atoms with van der Waals surface area (Å²) in [6, 6.07) is 5.64. The molecule has 0 radical (unpaired) electrons. The van der Waals surface area contributed by atoms with E-state index in [0.717, 1.165) is 13.0 Å². The molecule has 0 bridgehead atoms. The summed E-state index contributed by atoms with van der Waals surface area (Å²) in [6.07, 6.45) is 4.05. The Morgan fingerprint density at radius 2 is 2.05 bits per heavy atom. The molecule has 1 aromatic carbocycles. The van der Waals surface area contributed by atoms with Crippen molar-refractivity contribution >= 4 is 5.78 Å². The molecule has 0 aliphatic carbocycles. The van der Waals surface area contributed by atoms with Crippen molar-refractivity contribution in [2.24, 2.45) is 0 Å². The Kier molecular flexibility index (Phi) is 4.80. The number of nitrogens with one attached hydrogen (secondary N) is 1. The van der Waals surface area contributed by atoms with E-state index in [2.05, 4.69) is 5.32 Å². The van der Waals surface area contributed by atoms with Crippen LogP contribution in [0.4, 0.5) is 0 Å². The van der Waals surface area contributed by atoms with Crippen molar-refractivity contribution in [3.05, 3.63) is 23.8 Å². The number of rotatable bonds is 5. The quantitative estimate of drug-likeness (QED) is 0.829. The van der Waals surface area contributed by atoms with Gasteiger partial charge in [0.2, 0.25) is 0 Å². The van der Waals surface area contributed by atoms with Gasteiger partial charge in [-0.25, -0.2) is 0 Å². The van der Waals surface area contributed by atoms with E-state index in [1.54, 1.807) is 32.4 Å². The van der Waals surface area contributed by atoms with Crippen molar-refractivity contribution in [1.82, 2.24) is 5.32 Å². The summed E-state index contributed by atoms with van der Waals surface area (Å²) in [7, 11) is 3.17. The van der Waals surface area contributed by atoms with Gasteiger partial charge in [-0.3, -0.25) is 4.79 Å². The van der Waals surface area contributed by atoms with Gasteiger partial charge in [0.25, 0.3) is 0 Å². The lowest BCUT2D eigenvalue weighted by Gasteiger charge is -2.22. The molecular weight excluding hydrogens is 242 g/mol. The molecule has 104 valence electrons. The van der Waals surface area contributed by atoms with Gasteiger partial charge in [0.15, 0.2) is 17.3 Å². The van der Waals surface area contributed by atoms with E-state index >= 15 is 0 Å². The van der Waals surface area contributed by atoms with Crippen LogP contribution in [-0.4, -0.2) is 32.6 Å². The number of benzene rings is 1. The Morgan fingerprint density at radius 3 is 2.68 bits per heavy atom. The zero-order valence-electron chi connectivity index (χ0n) is 11.6. The summed E-state index contributed by atoms with van der Waals surface area (Å²) in [5.41, 5.74) is 0.685. The fraction of sp³-hybridized carbons (Fsp3) is 0.533. The lowest BCUT2D eigenvalue weighted by atomic mass is 9.97. The van der Waals surface area contributed by atoms with Crippen LogP contribution in [-0.2, 0) is 0 Å². The minimum atomic E-state index is 0.153. The molecule has 4 heteroatoms. The highest BCUT2D eigenvalue weighted by Gasteiger charge is 2.18. The predicted octanol–water partition coefficient (Wildman–Crippen LogP) is 2.42. The monoisotopic (exact) mass is 263 g/mol. The molecule has 1 aliphatic rings. The summed E-state index contributed by atoms with van der Waals surface area (Å²) in [4.78, 5) is 12.2. The van der Waals surface area contributed by atoms with Gasteiger partial charge in [-0.2, -0.15) is 0 Å². The molecule has 1 fully saturated rings. The molecule has 0 unspecified atom stereocenters. The maximum Gasteiger partial charge on any atom is 0.164 e. The third-order valence-corrected chi connectivity index (χ3v) is 3.55. The summed E-state index contributed by atoms with van der Waals surface area (Å²) in [5, 5.41) is 3.39. The van der Waals surface area contributed by atoms with E-state index in [0.29, 0.717) is 29.5 Å². The highest BCUT2D eigenvalue weighted by Crippen LogP contribution is 2.28. The highest BCUT2D eigenvalue weighted by atomic mass is 16.5. The van der Waals surface area contributed by atoms with Crippen molar-refractivity contribution in [1.29, 1.82) is 0 Å². The third-order valence-electron chi connectivity index (χ3n) is 3.55. The Balaban J connectivity index is 2.05. The van der Waals surface area contributed by atoms with Gasteiger partial charge >= 0.3 is 0 Å². The molecule has 0 aromatic heterocycles. The molecule has 1 atom stereocenters. The number of piperidine rings is 1. The Morgan fingerprint density at radius 1 is 1.26 bits per heavy atom. The highest BCUT2D eigenvalue weighted by molar-refractivity contribution is 5.97. The topological polar surface area (TPSA) is 47.6 Å². The molecule has 1 aromatic rings. The van der Waals surface area contributed by atoms with Gasteiger partial charge in [0, 0.05) is 18.0 Å². The van der Waals surface area contributed by atoms with Crippen LogP contribution in [0.25, 0.3) is 0 Å². The van der Waals surface area contributed by atoms with E-state index in [1.807, 2.05) is 0 Å². The van der Waals surface area contributed by atoms with Crippen molar-refractivity contribution in [2.75, 3.05) is 20.8 Å². The molecule has 2 rings (SSSR count). The van der Waals surface area contributed by atoms with Crippen LogP contribution in [0.1, 0.15) is 36.0 Å². The van der Waals surface area contributed by atoms with Crippen LogP contribution in [0.5, 0.6) is 11.5 Å². The first kappa shape index (κ1) is 13.9. The molecule has 0 amide bonds. The van der Waals surface area contributed by atoms with Crippen LogP contribution >= 0.6 is 0 Å². The van der Waals surface area contributed by atoms with Gasteiger partial charge in [0.05, 0.1) is 14.2 Å². The minimum absolute atomic E-state index is 0.153. The van der Waals surface area contributed by atoms with Gasteiger partial charge in [0.1, 0.15) is 0 Å². The number of ketones is 1. The molecule has 1 aliphatic heterocycles. The maximum absolute atomic E-state index is 12.2. The second-order valence-electron chi connectivity index (χ2n) is 4.84. The fourth-order valence-electron chi connectivity index (χ4n) is 2.45. The maximum atomic E-state index is 12.2. The average molecular weight is 263 g/mol. The molecule has 1 saturated heterocycles. The van der Waals surface area contributed by atoms with Crippen molar-refractivity contribution in [3.8, 4) is 11.5 Å². The van der Waals surface area contributed by atoms with Crippen molar-refractivity contribution in [2.45, 2.75) is 31.7 Å². The molecule has 1 heterocycles. The zero-order valence-corrected chi connectivity index (χ0v) is 11.6. The molecule has 19 heavy (non-hydrogen) atoms. The number of ether oxygens (including phenoxy) is 2. The fourth-order valence-corrected chi connectivity index (χ4v) is 2.45. The first-order valence-corrected chi connectivity index (χ1v) is 6.73. The van der Waals surface area contributed by atoms with Gasteiger partial charge in [-0.15, -0.1) is 0 Å². The normalized spacial score (nSPS) is 18.9. The SMILES string of the molecule is COc1ccc(C(=O)C[C@H]2CCCCN2)cc1OC. The standard InChI is InChI=1S/C15H21NO3/c1-18-14-7-6-11(9-15(14)19-2)13(17)10-12-5-3-4-8-16-12/h6-7,9,12,16H,3-5,8,10H2,1-2H3/t12-/m1/s1. The molecule has 1 N–H and O–H groups in total. The molecular formula is C15H21NO3. The van der Waals surface area contributed by atoms with Gasteiger partial charge in [-0.1, -0.05) is 6.42 Å². The number of hydrogen-bond acceptors (Lipinski definition) is 4. The Labute approximate surface area is 114 Å². The first-order valence-electron chi connectivity index (χ1n) is 6.73. The predicted molar refractivity (Wildman–Crippen MR) is 74.1 cm³/mol. The molecule has 0 saturated carbocycles. The molecule has 0 spiro atoms. The van der Waals surface area contributed by atoms with Crippen LogP contribution in [0.2, 0.25) is 0 Å². The largest absolute Gasteiger partial charge is 0.493 e. The van der Waals surface area contributed by atoms with E-state index in [9.17, 15) is 4.79 Å². The number of Topliss-reactive ketones (excluding diaryl/α,β-unsaturated/α-hetero) is 1. The average Bonchev–Trinajstić information content (AvgIpc) is 2.47. The van der Waals surface area contributed by atoms with E-state index in [4.69, 9.17) is 9.47 Å². The second kappa shape index (κ2) is 6.57. The Hall–Kier alpha value is -1.55. The summed E-state index contributed by atoms with van der Waals surface area (Å²) in [6.45, 7) is 1.02. The minimum Gasteiger partial charge on any atom is -0.493 e. The lowest BCUT2D eigenvalue weighted by molar-refractivity contribution is 0.0963. The van der Waals surface area contributed by atoms with Crippen LogP contribution in [0.15, 0.2) is 18.2 Å². The van der Waals surface area contributed by atoms with E-state index < -0.39 is 0 Å². The van der Waals surface area contributed by atoms with E-state index in [-0.39, 0.29) is 5.78 Å². The number of carbonyl (C=O) groups excluding carboxylic acids is 1. The van der Waals surface area contributed by atoms with Crippen molar-refractivity contribution in [3.63, 3.8) is 0 Å². The summed E-state index contributed by atoms with van der Waals surface area (Å²) in [5.74, 6) is 1.40.